The van der Waals surface area contributed by atoms with Gasteiger partial charge in [0.1, 0.15) is 0 Å². The van der Waals surface area contributed by atoms with Gasteiger partial charge >= 0.3 is 0 Å². The normalized spacial score (nSPS) is 26.1. The van der Waals surface area contributed by atoms with Crippen LogP contribution in [0.15, 0.2) is 60.7 Å². The summed E-state index contributed by atoms with van der Waals surface area (Å²) in [4.78, 5) is 2.72. The van der Waals surface area contributed by atoms with Gasteiger partial charge < -0.3 is 9.47 Å². The van der Waals surface area contributed by atoms with Crippen LogP contribution in [0.3, 0.4) is 0 Å². The van der Waals surface area contributed by atoms with Crippen LogP contribution in [0.5, 0.6) is 0 Å². The summed E-state index contributed by atoms with van der Waals surface area (Å²) >= 11 is 0. The summed E-state index contributed by atoms with van der Waals surface area (Å²) in [6.07, 6.45) is 7.31. The minimum Gasteiger partial charge on any atom is -0.346 e. The molecule has 0 radical (unpaired) electrons. The summed E-state index contributed by atoms with van der Waals surface area (Å²) in [5.74, 6) is 0. The molecule has 3 nitrogen and oxygen atoms in total. The Labute approximate surface area is 161 Å². The lowest BCUT2D eigenvalue weighted by molar-refractivity contribution is -0.0443. The first-order valence-electron chi connectivity index (χ1n) is 10.2. The van der Waals surface area contributed by atoms with Gasteiger partial charge in [-0.3, -0.25) is 4.90 Å². The highest BCUT2D eigenvalue weighted by molar-refractivity contribution is 5.70. The largest absolute Gasteiger partial charge is 0.346 e. The molecule has 2 bridgehead atoms. The fourth-order valence-corrected chi connectivity index (χ4v) is 4.89. The Balaban J connectivity index is 1.44. The second-order valence-corrected chi connectivity index (χ2v) is 7.87. The Morgan fingerprint density at radius 3 is 2.48 bits per heavy atom. The minimum atomic E-state index is -0.204. The fourth-order valence-electron chi connectivity index (χ4n) is 4.89. The van der Waals surface area contributed by atoms with Gasteiger partial charge in [0.05, 0.1) is 13.2 Å². The Kier molecular flexibility index (Phi) is 4.83. The van der Waals surface area contributed by atoms with Crippen molar-refractivity contribution >= 4 is 5.57 Å². The van der Waals surface area contributed by atoms with Crippen LogP contribution in [0, 0.1) is 0 Å². The van der Waals surface area contributed by atoms with Crippen LogP contribution < -0.4 is 0 Å². The molecule has 2 atom stereocenters. The molecule has 2 saturated heterocycles. The molecule has 0 spiro atoms. The molecule has 0 saturated carbocycles. The molecule has 0 amide bonds. The summed E-state index contributed by atoms with van der Waals surface area (Å²) < 4.78 is 11.6. The van der Waals surface area contributed by atoms with Crippen molar-refractivity contribution in [1.29, 1.82) is 0 Å². The maximum atomic E-state index is 5.80. The zero-order valence-electron chi connectivity index (χ0n) is 15.7. The van der Waals surface area contributed by atoms with Crippen LogP contribution in [0.4, 0.5) is 0 Å². The quantitative estimate of drug-likeness (QED) is 0.770. The van der Waals surface area contributed by atoms with Crippen LogP contribution >= 0.6 is 0 Å². The van der Waals surface area contributed by atoms with Gasteiger partial charge in [-0.25, -0.2) is 0 Å². The highest BCUT2D eigenvalue weighted by Crippen LogP contribution is 2.40. The fraction of sp³-hybridized carbons (Fsp3) is 0.417. The first-order valence-corrected chi connectivity index (χ1v) is 10.2. The third-order valence-electron chi connectivity index (χ3n) is 6.17. The van der Waals surface area contributed by atoms with Gasteiger partial charge in [0, 0.05) is 24.2 Å². The summed E-state index contributed by atoms with van der Waals surface area (Å²) in [5, 5.41) is 0. The number of piperidine rings is 1. The first kappa shape index (κ1) is 17.2. The summed E-state index contributed by atoms with van der Waals surface area (Å²) in [6, 6.07) is 20.7. The number of rotatable bonds is 4. The van der Waals surface area contributed by atoms with Crippen molar-refractivity contribution < 1.29 is 9.47 Å². The number of nitrogens with zero attached hydrogens (tertiary/aromatic N) is 1. The number of benzene rings is 2. The molecule has 2 aromatic carbocycles. The van der Waals surface area contributed by atoms with E-state index in [1.54, 1.807) is 0 Å². The van der Waals surface area contributed by atoms with Gasteiger partial charge in [0.15, 0.2) is 6.29 Å². The zero-order valence-corrected chi connectivity index (χ0v) is 15.7. The van der Waals surface area contributed by atoms with Crippen molar-refractivity contribution in [3.63, 3.8) is 0 Å². The van der Waals surface area contributed by atoms with E-state index in [4.69, 9.17) is 9.47 Å². The lowest BCUT2D eigenvalue weighted by atomic mass is 9.81. The number of hydrogen-bond acceptors (Lipinski definition) is 3. The van der Waals surface area contributed by atoms with E-state index in [2.05, 4.69) is 65.6 Å². The Hall–Kier alpha value is -1.94. The topological polar surface area (TPSA) is 21.7 Å². The molecule has 0 aromatic heterocycles. The Bertz CT molecular complexity index is 810. The highest BCUT2D eigenvalue weighted by atomic mass is 16.7. The third kappa shape index (κ3) is 3.47. The van der Waals surface area contributed by atoms with Crippen molar-refractivity contribution in [3.8, 4) is 0 Å². The number of ether oxygens (including phenoxy) is 2. The lowest BCUT2D eigenvalue weighted by Crippen LogP contribution is -2.47. The standard InChI is InChI=1S/C24H27NO2/c1-2-7-18(8-3-1)17-25-20-9-6-10-21(25)16-19(15-20)22-11-4-5-12-23(22)24-26-13-14-27-24/h1-5,7-8,11-12,15,20-21,24H,6,9-10,13-14,16-17H2. The predicted octanol–water partition coefficient (Wildman–Crippen LogP) is 4.94. The van der Waals surface area contributed by atoms with E-state index in [1.807, 2.05) is 0 Å². The molecule has 2 unspecified atom stereocenters. The van der Waals surface area contributed by atoms with Crippen LogP contribution in [0.1, 0.15) is 48.7 Å². The molecule has 27 heavy (non-hydrogen) atoms. The molecular weight excluding hydrogens is 334 g/mol. The number of fused-ring (bicyclic) bond motifs is 2. The zero-order chi connectivity index (χ0) is 18.1. The summed E-state index contributed by atoms with van der Waals surface area (Å²) in [6.45, 7) is 2.43. The smallest absolute Gasteiger partial charge is 0.184 e. The van der Waals surface area contributed by atoms with Gasteiger partial charge in [-0.05, 0) is 36.0 Å². The van der Waals surface area contributed by atoms with Crippen molar-refractivity contribution in [2.45, 2.75) is 50.6 Å². The molecule has 3 aliphatic rings. The summed E-state index contributed by atoms with van der Waals surface area (Å²) in [7, 11) is 0. The van der Waals surface area contributed by atoms with E-state index < -0.39 is 0 Å². The molecule has 5 rings (SSSR count). The van der Waals surface area contributed by atoms with E-state index in [1.165, 1.54) is 41.5 Å². The Morgan fingerprint density at radius 2 is 1.67 bits per heavy atom. The minimum absolute atomic E-state index is 0.204. The van der Waals surface area contributed by atoms with Crippen molar-refractivity contribution in [3.05, 3.63) is 77.4 Å². The second kappa shape index (κ2) is 7.59. The van der Waals surface area contributed by atoms with Crippen molar-refractivity contribution in [2.24, 2.45) is 0 Å². The highest BCUT2D eigenvalue weighted by Gasteiger charge is 2.35. The summed E-state index contributed by atoms with van der Waals surface area (Å²) in [5.41, 5.74) is 5.40. The number of hydrogen-bond donors (Lipinski definition) is 0. The van der Waals surface area contributed by atoms with Gasteiger partial charge in [-0.2, -0.15) is 0 Å². The first-order chi connectivity index (χ1) is 13.4. The monoisotopic (exact) mass is 361 g/mol. The van der Waals surface area contributed by atoms with Gasteiger partial charge in [0.2, 0.25) is 0 Å². The molecule has 0 aliphatic carbocycles. The van der Waals surface area contributed by atoms with Crippen LogP contribution in [0.25, 0.3) is 5.57 Å². The van der Waals surface area contributed by atoms with E-state index in [9.17, 15) is 0 Å². The maximum Gasteiger partial charge on any atom is 0.184 e. The van der Waals surface area contributed by atoms with Crippen LogP contribution in [0.2, 0.25) is 0 Å². The van der Waals surface area contributed by atoms with Crippen LogP contribution in [-0.4, -0.2) is 30.2 Å². The molecule has 140 valence electrons. The van der Waals surface area contributed by atoms with Gasteiger partial charge in [-0.15, -0.1) is 0 Å². The molecule has 3 heterocycles. The molecule has 2 fully saturated rings. The van der Waals surface area contributed by atoms with Gasteiger partial charge in [-0.1, -0.05) is 67.1 Å². The third-order valence-corrected chi connectivity index (χ3v) is 6.17. The van der Waals surface area contributed by atoms with E-state index in [0.29, 0.717) is 25.3 Å². The maximum absolute atomic E-state index is 5.80. The van der Waals surface area contributed by atoms with E-state index in [-0.39, 0.29) is 6.29 Å². The Morgan fingerprint density at radius 1 is 0.889 bits per heavy atom. The van der Waals surface area contributed by atoms with E-state index in [0.717, 1.165) is 13.0 Å². The molecule has 3 heteroatoms. The van der Waals surface area contributed by atoms with Gasteiger partial charge in [0.25, 0.3) is 0 Å². The van der Waals surface area contributed by atoms with Crippen molar-refractivity contribution in [2.75, 3.05) is 13.2 Å². The average Bonchev–Trinajstić information content (AvgIpc) is 3.23. The average molecular weight is 361 g/mol. The SMILES string of the molecule is C1=C(c2ccccc2C2OCCO2)CC2CCCC1N2Cc1ccccc1. The van der Waals surface area contributed by atoms with Crippen LogP contribution in [-0.2, 0) is 16.0 Å². The molecular formula is C24H27NO2. The second-order valence-electron chi connectivity index (χ2n) is 7.87. The predicted molar refractivity (Wildman–Crippen MR) is 107 cm³/mol. The lowest BCUT2D eigenvalue weighted by Gasteiger charge is -2.45. The van der Waals surface area contributed by atoms with E-state index >= 15 is 0 Å². The van der Waals surface area contributed by atoms with Crippen molar-refractivity contribution in [1.82, 2.24) is 4.90 Å². The molecule has 2 aromatic rings. The molecule has 3 aliphatic heterocycles. The molecule has 0 N–H and O–H groups in total.